The highest BCUT2D eigenvalue weighted by Crippen LogP contribution is 2.30. The standard InChI is InChI=1S/C16H19Cl2N5O/c1-23(2)8-4-7-19-14-9-13(20-10-21-14)16(24)22-15-11(17)5-3-6-12(15)18/h3,5-6,9-10H,4,7-8H2,1-2H3,(H,22,24)(H,19,20,21). The lowest BCUT2D eigenvalue weighted by Gasteiger charge is -2.11. The predicted molar refractivity (Wildman–Crippen MR) is 98.1 cm³/mol. The average Bonchev–Trinajstić information content (AvgIpc) is 2.55. The quantitative estimate of drug-likeness (QED) is 0.733. The number of carbonyl (C=O) groups excluding carboxylic acids is 1. The summed E-state index contributed by atoms with van der Waals surface area (Å²) in [4.78, 5) is 22.5. The van der Waals surface area contributed by atoms with Crippen LogP contribution >= 0.6 is 23.2 Å². The van der Waals surface area contributed by atoms with E-state index in [1.807, 2.05) is 14.1 Å². The van der Waals surface area contributed by atoms with Crippen LogP contribution in [0.2, 0.25) is 10.0 Å². The molecule has 1 aromatic carbocycles. The van der Waals surface area contributed by atoms with Crippen LogP contribution in [0.3, 0.4) is 0 Å². The molecule has 0 unspecified atom stereocenters. The van der Waals surface area contributed by atoms with Crippen LogP contribution in [0.5, 0.6) is 0 Å². The summed E-state index contributed by atoms with van der Waals surface area (Å²) in [5.74, 6) is 0.197. The third kappa shape index (κ3) is 5.33. The van der Waals surface area contributed by atoms with Gasteiger partial charge in [-0.05, 0) is 39.2 Å². The van der Waals surface area contributed by atoms with Gasteiger partial charge < -0.3 is 15.5 Å². The summed E-state index contributed by atoms with van der Waals surface area (Å²) in [6, 6.07) is 6.61. The fourth-order valence-electron chi connectivity index (χ4n) is 1.98. The zero-order valence-corrected chi connectivity index (χ0v) is 15.0. The number of nitrogens with one attached hydrogen (secondary N) is 2. The van der Waals surface area contributed by atoms with Gasteiger partial charge in [0.15, 0.2) is 0 Å². The van der Waals surface area contributed by atoms with Crippen LogP contribution in [-0.2, 0) is 0 Å². The third-order valence-corrected chi connectivity index (χ3v) is 3.82. The minimum absolute atomic E-state index is 0.232. The van der Waals surface area contributed by atoms with Crippen molar-refractivity contribution >= 4 is 40.6 Å². The number of halogens is 2. The number of rotatable bonds is 7. The van der Waals surface area contributed by atoms with Crippen molar-refractivity contribution in [2.45, 2.75) is 6.42 Å². The molecule has 128 valence electrons. The number of aromatic nitrogens is 2. The van der Waals surface area contributed by atoms with E-state index in [0.717, 1.165) is 19.5 Å². The molecular formula is C16H19Cl2N5O. The monoisotopic (exact) mass is 367 g/mol. The Balaban J connectivity index is 2.01. The first-order chi connectivity index (χ1) is 11.5. The number of nitrogens with zero attached hydrogens (tertiary/aromatic N) is 3. The van der Waals surface area contributed by atoms with E-state index in [4.69, 9.17) is 23.2 Å². The van der Waals surface area contributed by atoms with Gasteiger partial charge in [-0.1, -0.05) is 29.3 Å². The minimum Gasteiger partial charge on any atom is -0.370 e. The summed E-state index contributed by atoms with van der Waals surface area (Å²) < 4.78 is 0. The number of hydrogen-bond acceptors (Lipinski definition) is 5. The van der Waals surface area contributed by atoms with Gasteiger partial charge in [-0.2, -0.15) is 0 Å². The second-order valence-corrected chi connectivity index (χ2v) is 6.24. The number of para-hydroxylation sites is 1. The molecule has 2 N–H and O–H groups in total. The Bertz CT molecular complexity index is 688. The summed E-state index contributed by atoms with van der Waals surface area (Å²) in [5, 5.41) is 6.58. The van der Waals surface area contributed by atoms with E-state index in [1.54, 1.807) is 24.3 Å². The van der Waals surface area contributed by atoms with E-state index in [-0.39, 0.29) is 5.69 Å². The molecule has 0 aliphatic heterocycles. The average molecular weight is 368 g/mol. The van der Waals surface area contributed by atoms with E-state index >= 15 is 0 Å². The molecule has 0 saturated carbocycles. The highest BCUT2D eigenvalue weighted by molar-refractivity contribution is 6.40. The SMILES string of the molecule is CN(C)CCCNc1cc(C(=O)Nc2c(Cl)cccc2Cl)ncn1. The smallest absolute Gasteiger partial charge is 0.274 e. The minimum atomic E-state index is -0.399. The maximum Gasteiger partial charge on any atom is 0.274 e. The second kappa shape index (κ2) is 8.82. The van der Waals surface area contributed by atoms with E-state index in [0.29, 0.717) is 21.6 Å². The Morgan fingerprint density at radius 2 is 1.92 bits per heavy atom. The summed E-state index contributed by atoms with van der Waals surface area (Å²) in [6.07, 6.45) is 2.31. The summed E-state index contributed by atoms with van der Waals surface area (Å²) in [6.45, 7) is 1.73. The van der Waals surface area contributed by atoms with Crippen LogP contribution in [0.1, 0.15) is 16.9 Å². The van der Waals surface area contributed by atoms with Crippen LogP contribution in [0.15, 0.2) is 30.6 Å². The van der Waals surface area contributed by atoms with Gasteiger partial charge in [0.1, 0.15) is 17.8 Å². The Morgan fingerprint density at radius 3 is 2.58 bits per heavy atom. The van der Waals surface area contributed by atoms with Gasteiger partial charge in [0.05, 0.1) is 15.7 Å². The van der Waals surface area contributed by atoms with Gasteiger partial charge in [0, 0.05) is 12.6 Å². The highest BCUT2D eigenvalue weighted by atomic mass is 35.5. The zero-order chi connectivity index (χ0) is 17.5. The van der Waals surface area contributed by atoms with E-state index in [2.05, 4.69) is 25.5 Å². The zero-order valence-electron chi connectivity index (χ0n) is 13.5. The largest absolute Gasteiger partial charge is 0.370 e. The molecule has 2 rings (SSSR count). The topological polar surface area (TPSA) is 70.2 Å². The first kappa shape index (κ1) is 18.4. The summed E-state index contributed by atoms with van der Waals surface area (Å²) in [5.41, 5.74) is 0.598. The Labute approximate surface area is 151 Å². The molecule has 6 nitrogen and oxygen atoms in total. The molecule has 8 heteroatoms. The lowest BCUT2D eigenvalue weighted by atomic mass is 10.3. The molecule has 1 heterocycles. The van der Waals surface area contributed by atoms with Crippen molar-refractivity contribution in [1.29, 1.82) is 0 Å². The Morgan fingerprint density at radius 1 is 1.21 bits per heavy atom. The Kier molecular flexibility index (Phi) is 6.78. The number of carbonyl (C=O) groups is 1. The Hall–Kier alpha value is -1.89. The fourth-order valence-corrected chi connectivity index (χ4v) is 2.48. The number of anilines is 2. The summed E-state index contributed by atoms with van der Waals surface area (Å²) in [7, 11) is 4.04. The van der Waals surface area contributed by atoms with Crippen molar-refractivity contribution in [3.63, 3.8) is 0 Å². The van der Waals surface area contributed by atoms with Crippen molar-refractivity contribution in [2.75, 3.05) is 37.8 Å². The molecule has 0 radical (unpaired) electrons. The molecule has 0 fully saturated rings. The van der Waals surface area contributed by atoms with E-state index in [9.17, 15) is 4.79 Å². The van der Waals surface area contributed by atoms with Crippen LogP contribution in [-0.4, -0.2) is 48.0 Å². The highest BCUT2D eigenvalue weighted by Gasteiger charge is 2.13. The van der Waals surface area contributed by atoms with Gasteiger partial charge >= 0.3 is 0 Å². The van der Waals surface area contributed by atoms with Crippen molar-refractivity contribution in [2.24, 2.45) is 0 Å². The van der Waals surface area contributed by atoms with Crippen molar-refractivity contribution < 1.29 is 4.79 Å². The van der Waals surface area contributed by atoms with E-state index in [1.165, 1.54) is 6.33 Å². The van der Waals surface area contributed by atoms with Gasteiger partial charge in [0.25, 0.3) is 5.91 Å². The number of benzene rings is 1. The summed E-state index contributed by atoms with van der Waals surface area (Å²) >= 11 is 12.1. The molecule has 24 heavy (non-hydrogen) atoms. The first-order valence-corrected chi connectivity index (χ1v) is 8.19. The van der Waals surface area contributed by atoms with Crippen LogP contribution < -0.4 is 10.6 Å². The maximum absolute atomic E-state index is 12.3. The molecular weight excluding hydrogens is 349 g/mol. The molecule has 0 aliphatic rings. The molecule has 0 atom stereocenters. The first-order valence-electron chi connectivity index (χ1n) is 7.43. The molecule has 1 aromatic heterocycles. The maximum atomic E-state index is 12.3. The number of amides is 1. The van der Waals surface area contributed by atoms with Gasteiger partial charge in [-0.25, -0.2) is 9.97 Å². The lowest BCUT2D eigenvalue weighted by molar-refractivity contribution is 0.102. The van der Waals surface area contributed by atoms with E-state index < -0.39 is 5.91 Å². The number of hydrogen-bond donors (Lipinski definition) is 2. The van der Waals surface area contributed by atoms with Crippen LogP contribution in [0, 0.1) is 0 Å². The molecule has 0 aliphatic carbocycles. The lowest BCUT2D eigenvalue weighted by Crippen LogP contribution is -2.17. The predicted octanol–water partition coefficient (Wildman–Crippen LogP) is 3.40. The normalized spacial score (nSPS) is 10.7. The van der Waals surface area contributed by atoms with Gasteiger partial charge in [-0.15, -0.1) is 0 Å². The van der Waals surface area contributed by atoms with Gasteiger partial charge in [-0.3, -0.25) is 4.79 Å². The van der Waals surface area contributed by atoms with Crippen molar-refractivity contribution in [1.82, 2.24) is 14.9 Å². The molecule has 2 aromatic rings. The van der Waals surface area contributed by atoms with Crippen LogP contribution in [0.4, 0.5) is 11.5 Å². The fraction of sp³-hybridized carbons (Fsp3) is 0.312. The van der Waals surface area contributed by atoms with Crippen molar-refractivity contribution in [3.8, 4) is 0 Å². The second-order valence-electron chi connectivity index (χ2n) is 5.42. The molecule has 0 bridgehead atoms. The molecule has 0 spiro atoms. The van der Waals surface area contributed by atoms with Crippen LogP contribution in [0.25, 0.3) is 0 Å². The molecule has 1 amide bonds. The van der Waals surface area contributed by atoms with Crippen molar-refractivity contribution in [3.05, 3.63) is 46.3 Å². The van der Waals surface area contributed by atoms with Gasteiger partial charge in [0.2, 0.25) is 0 Å². The third-order valence-electron chi connectivity index (χ3n) is 3.19. The molecule has 0 saturated heterocycles.